The lowest BCUT2D eigenvalue weighted by molar-refractivity contribution is -0.305. The first-order valence-corrected chi connectivity index (χ1v) is 18.6. The molecule has 9 nitrogen and oxygen atoms in total. The maximum Gasteiger partial charge on any atom is 0.306 e. The molecule has 0 bridgehead atoms. The van der Waals surface area contributed by atoms with Crippen molar-refractivity contribution in [3.8, 4) is 0 Å². The lowest BCUT2D eigenvalue weighted by Gasteiger charge is -2.39. The van der Waals surface area contributed by atoms with Crippen molar-refractivity contribution in [1.29, 1.82) is 0 Å². The number of unbranched alkanes of at least 4 members (excludes halogenated alkanes) is 13. The largest absolute Gasteiger partial charge is 0.457 e. The second-order valence-corrected chi connectivity index (χ2v) is 12.7. The van der Waals surface area contributed by atoms with Gasteiger partial charge in [-0.2, -0.15) is 0 Å². The third-order valence-corrected chi connectivity index (χ3v) is 8.31. The third kappa shape index (κ3) is 22.6. The summed E-state index contributed by atoms with van der Waals surface area (Å²) in [5, 5.41) is 39.7. The van der Waals surface area contributed by atoms with Crippen molar-refractivity contribution in [2.75, 3.05) is 26.4 Å². The van der Waals surface area contributed by atoms with E-state index in [4.69, 9.17) is 18.9 Å². The van der Waals surface area contributed by atoms with Gasteiger partial charge < -0.3 is 39.4 Å². The zero-order valence-corrected chi connectivity index (χ0v) is 29.5. The Labute approximate surface area is 285 Å². The van der Waals surface area contributed by atoms with Gasteiger partial charge in [-0.05, 0) is 51.4 Å². The quantitative estimate of drug-likeness (QED) is 0.0368. The van der Waals surface area contributed by atoms with Crippen LogP contribution in [0.2, 0.25) is 0 Å². The van der Waals surface area contributed by atoms with Crippen molar-refractivity contribution in [3.63, 3.8) is 0 Å². The highest BCUT2D eigenvalue weighted by Gasteiger charge is 2.44. The van der Waals surface area contributed by atoms with Gasteiger partial charge in [0, 0.05) is 13.0 Å². The van der Waals surface area contributed by atoms with Crippen molar-refractivity contribution in [1.82, 2.24) is 0 Å². The van der Waals surface area contributed by atoms with Crippen LogP contribution >= 0.6 is 0 Å². The molecule has 1 aliphatic rings. The average molecular weight is 669 g/mol. The molecular formula is C38H68O9. The predicted molar refractivity (Wildman–Crippen MR) is 187 cm³/mol. The van der Waals surface area contributed by atoms with Crippen molar-refractivity contribution < 1.29 is 44.2 Å². The monoisotopic (exact) mass is 668 g/mol. The summed E-state index contributed by atoms with van der Waals surface area (Å²) < 4.78 is 22.5. The van der Waals surface area contributed by atoms with Gasteiger partial charge in [-0.1, -0.05) is 115 Å². The molecule has 1 fully saturated rings. The molecule has 6 atom stereocenters. The Morgan fingerprint density at radius 2 is 1.23 bits per heavy atom. The van der Waals surface area contributed by atoms with Crippen LogP contribution < -0.4 is 0 Å². The minimum Gasteiger partial charge on any atom is -0.457 e. The fourth-order valence-corrected chi connectivity index (χ4v) is 5.32. The standard InChI is InChI=1S/C38H68O9/c1-3-5-7-9-10-11-12-13-14-15-16-17-18-19-20-21-22-23-24-26-28-44-30-32(46-34(40)27-25-8-6-4-2)31-45-38-37(43)36(42)35(41)33(29-39)47-38/h10-11,13-14,16-17,32-33,35-39,41-43H,3-9,12,15,18-31H2,1-2H3/b11-10-,14-13-,17-16-. The zero-order chi connectivity index (χ0) is 34.4. The average Bonchev–Trinajstić information content (AvgIpc) is 3.07. The number of carbonyl (C=O) groups excluding carboxylic acids is 1. The van der Waals surface area contributed by atoms with E-state index in [2.05, 4.69) is 50.3 Å². The number of carbonyl (C=O) groups is 1. The molecule has 0 aromatic heterocycles. The van der Waals surface area contributed by atoms with E-state index < -0.39 is 43.4 Å². The minimum absolute atomic E-state index is 0.119. The normalized spacial score (nSPS) is 22.6. The first-order valence-electron chi connectivity index (χ1n) is 18.6. The molecule has 0 saturated carbocycles. The van der Waals surface area contributed by atoms with E-state index in [9.17, 15) is 25.2 Å². The molecule has 4 N–H and O–H groups in total. The van der Waals surface area contributed by atoms with Crippen LogP contribution in [0.3, 0.4) is 0 Å². The van der Waals surface area contributed by atoms with Crippen molar-refractivity contribution >= 4 is 5.97 Å². The number of rotatable bonds is 30. The Balaban J connectivity index is 2.19. The van der Waals surface area contributed by atoms with Gasteiger partial charge >= 0.3 is 5.97 Å². The Morgan fingerprint density at radius 3 is 1.87 bits per heavy atom. The first-order chi connectivity index (χ1) is 22.9. The molecule has 274 valence electrons. The molecule has 47 heavy (non-hydrogen) atoms. The highest BCUT2D eigenvalue weighted by molar-refractivity contribution is 5.69. The van der Waals surface area contributed by atoms with Crippen LogP contribution in [0.4, 0.5) is 0 Å². The van der Waals surface area contributed by atoms with Gasteiger partial charge in [0.25, 0.3) is 0 Å². The SMILES string of the molecule is CCCCC/C=C\C/C=C\C/C=C\CCCCCCCCCOCC(COC1OC(CO)C(O)C(O)C1O)OC(=O)CCCCCC. The number of hydrogen-bond donors (Lipinski definition) is 4. The van der Waals surface area contributed by atoms with Gasteiger partial charge in [-0.15, -0.1) is 0 Å². The Hall–Kier alpha value is -1.59. The molecule has 9 heteroatoms. The lowest BCUT2D eigenvalue weighted by Crippen LogP contribution is -2.59. The van der Waals surface area contributed by atoms with Crippen molar-refractivity contribution in [2.45, 2.75) is 173 Å². The molecule has 0 aliphatic carbocycles. The molecule has 0 radical (unpaired) electrons. The maximum absolute atomic E-state index is 12.4. The van der Waals surface area contributed by atoms with Gasteiger partial charge in [0.1, 0.15) is 30.5 Å². The lowest BCUT2D eigenvalue weighted by atomic mass is 9.99. The number of hydrogen-bond acceptors (Lipinski definition) is 9. The van der Waals surface area contributed by atoms with E-state index in [1.165, 1.54) is 51.4 Å². The third-order valence-electron chi connectivity index (χ3n) is 8.31. The Morgan fingerprint density at radius 1 is 0.681 bits per heavy atom. The molecule has 0 aromatic rings. The van der Waals surface area contributed by atoms with Crippen LogP contribution in [0.15, 0.2) is 36.5 Å². The number of ether oxygens (including phenoxy) is 4. The van der Waals surface area contributed by atoms with Crippen molar-refractivity contribution in [3.05, 3.63) is 36.5 Å². The summed E-state index contributed by atoms with van der Waals surface area (Å²) in [5.74, 6) is -0.337. The van der Waals surface area contributed by atoms with E-state index in [0.29, 0.717) is 13.0 Å². The second kappa shape index (κ2) is 30.5. The summed E-state index contributed by atoms with van der Waals surface area (Å²) >= 11 is 0. The molecule has 1 rings (SSSR count). The zero-order valence-electron chi connectivity index (χ0n) is 29.5. The summed E-state index contributed by atoms with van der Waals surface area (Å²) in [6.45, 7) is 4.36. The Kier molecular flexibility index (Phi) is 28.2. The highest BCUT2D eigenvalue weighted by atomic mass is 16.7. The minimum atomic E-state index is -1.53. The van der Waals surface area contributed by atoms with Crippen LogP contribution in [-0.4, -0.2) is 89.6 Å². The summed E-state index contributed by atoms with van der Waals surface area (Å²) in [6.07, 6.45) is 26.6. The van der Waals surface area contributed by atoms with Crippen LogP contribution in [0.5, 0.6) is 0 Å². The van der Waals surface area contributed by atoms with Gasteiger partial charge in [0.05, 0.1) is 19.8 Å². The molecule has 1 aliphatic heterocycles. The highest BCUT2D eigenvalue weighted by Crippen LogP contribution is 2.22. The summed E-state index contributed by atoms with van der Waals surface area (Å²) in [6, 6.07) is 0. The fourth-order valence-electron chi connectivity index (χ4n) is 5.32. The summed E-state index contributed by atoms with van der Waals surface area (Å²) in [4.78, 5) is 12.4. The molecule has 0 spiro atoms. The van der Waals surface area contributed by atoms with Crippen LogP contribution in [0.25, 0.3) is 0 Å². The fraction of sp³-hybridized carbons (Fsp3) is 0.816. The van der Waals surface area contributed by atoms with Gasteiger partial charge in [0.2, 0.25) is 0 Å². The van der Waals surface area contributed by atoms with Crippen LogP contribution in [-0.2, 0) is 23.7 Å². The smallest absolute Gasteiger partial charge is 0.306 e. The molecule has 0 amide bonds. The van der Waals surface area contributed by atoms with Gasteiger partial charge in [-0.3, -0.25) is 4.79 Å². The Bertz CT molecular complexity index is 813. The van der Waals surface area contributed by atoms with E-state index in [0.717, 1.165) is 64.2 Å². The first kappa shape index (κ1) is 43.4. The molecular weight excluding hydrogens is 600 g/mol. The van der Waals surface area contributed by atoms with E-state index >= 15 is 0 Å². The molecule has 0 aromatic carbocycles. The number of aliphatic hydroxyl groups excluding tert-OH is 4. The van der Waals surface area contributed by atoms with Gasteiger partial charge in [0.15, 0.2) is 6.29 Å². The molecule has 1 heterocycles. The van der Waals surface area contributed by atoms with Crippen LogP contribution in [0, 0.1) is 0 Å². The van der Waals surface area contributed by atoms with E-state index in [1.54, 1.807) is 0 Å². The molecule has 6 unspecified atom stereocenters. The summed E-state index contributed by atoms with van der Waals surface area (Å²) in [5.41, 5.74) is 0. The number of aliphatic hydroxyl groups is 4. The van der Waals surface area contributed by atoms with Crippen molar-refractivity contribution in [2.24, 2.45) is 0 Å². The predicted octanol–water partition coefficient (Wildman–Crippen LogP) is 6.85. The summed E-state index contributed by atoms with van der Waals surface area (Å²) in [7, 11) is 0. The molecule has 1 saturated heterocycles. The second-order valence-electron chi connectivity index (χ2n) is 12.7. The number of esters is 1. The van der Waals surface area contributed by atoms with Crippen LogP contribution in [0.1, 0.15) is 136 Å². The van der Waals surface area contributed by atoms with E-state index in [-0.39, 0.29) is 19.2 Å². The topological polar surface area (TPSA) is 135 Å². The number of allylic oxidation sites excluding steroid dienone is 6. The van der Waals surface area contributed by atoms with Gasteiger partial charge in [-0.25, -0.2) is 0 Å². The van der Waals surface area contributed by atoms with E-state index in [1.807, 2.05) is 0 Å². The maximum atomic E-state index is 12.4.